The van der Waals surface area contributed by atoms with Crippen LogP contribution in [-0.2, 0) is 17.6 Å². The number of carbonyl (C=O) groups excluding carboxylic acids is 1. The van der Waals surface area contributed by atoms with Crippen LogP contribution in [0.25, 0.3) is 10.5 Å². The fraction of sp³-hybridized carbons (Fsp3) is 0.312. The summed E-state index contributed by atoms with van der Waals surface area (Å²) in [5, 5.41) is 16.2. The Morgan fingerprint density at radius 2 is 2.20 bits per heavy atom. The zero-order chi connectivity index (χ0) is 17.2. The van der Waals surface area contributed by atoms with Gasteiger partial charge in [0.15, 0.2) is 5.82 Å². The van der Waals surface area contributed by atoms with Crippen LogP contribution in [0, 0.1) is 6.92 Å². The predicted octanol–water partition coefficient (Wildman–Crippen LogP) is 1.43. The Kier molecular flexibility index (Phi) is 4.14. The molecule has 0 bridgehead atoms. The summed E-state index contributed by atoms with van der Waals surface area (Å²) in [4.78, 5) is 17.2. The van der Waals surface area contributed by atoms with Gasteiger partial charge in [-0.05, 0) is 19.1 Å². The number of nitrogens with zero attached hydrogens (tertiary/aromatic N) is 6. The van der Waals surface area contributed by atoms with Gasteiger partial charge in [0.25, 0.3) is 0 Å². The third kappa shape index (κ3) is 3.22. The normalized spacial score (nSPS) is 11.4. The van der Waals surface area contributed by atoms with Gasteiger partial charge in [0.1, 0.15) is 10.8 Å². The van der Waals surface area contributed by atoms with Crippen LogP contribution in [-0.4, -0.2) is 41.6 Å². The summed E-state index contributed by atoms with van der Waals surface area (Å²) >= 11 is 1.47. The summed E-state index contributed by atoms with van der Waals surface area (Å²) in [5.74, 6) is 1.72. The summed E-state index contributed by atoms with van der Waals surface area (Å²) < 4.78 is 3.75. The van der Waals surface area contributed by atoms with Crippen molar-refractivity contribution in [2.45, 2.75) is 26.2 Å². The first-order valence-electron chi connectivity index (χ1n) is 8.06. The molecule has 0 fully saturated rings. The lowest BCUT2D eigenvalue weighted by Crippen LogP contribution is -2.26. The molecule has 0 unspecified atom stereocenters. The van der Waals surface area contributed by atoms with Crippen LogP contribution in [0.2, 0.25) is 0 Å². The van der Waals surface area contributed by atoms with Crippen LogP contribution >= 0.6 is 11.3 Å². The van der Waals surface area contributed by atoms with Crippen LogP contribution in [0.1, 0.15) is 23.1 Å². The lowest BCUT2D eigenvalue weighted by atomic mass is 10.3. The van der Waals surface area contributed by atoms with Crippen molar-refractivity contribution in [3.05, 3.63) is 47.2 Å². The topological polar surface area (TPSA) is 89.5 Å². The molecule has 0 atom stereocenters. The van der Waals surface area contributed by atoms with Crippen molar-refractivity contribution >= 4 is 27.7 Å². The highest BCUT2D eigenvalue weighted by molar-refractivity contribution is 7.16. The molecule has 4 heterocycles. The molecule has 1 amide bonds. The molecular weight excluding hydrogens is 338 g/mol. The highest BCUT2D eigenvalue weighted by Gasteiger charge is 2.10. The maximum absolute atomic E-state index is 12.0. The summed E-state index contributed by atoms with van der Waals surface area (Å²) in [6.45, 7) is 2.42. The van der Waals surface area contributed by atoms with Crippen molar-refractivity contribution in [3.63, 3.8) is 0 Å². The average Bonchev–Trinajstić information content (AvgIpc) is 3.30. The summed E-state index contributed by atoms with van der Waals surface area (Å²) in [6, 6.07) is 5.96. The van der Waals surface area contributed by atoms with E-state index in [9.17, 15) is 4.79 Å². The smallest absolute Gasteiger partial charge is 0.234 e. The molecular formula is C16H17N7OS. The number of fused-ring (bicyclic) bond motifs is 2. The first-order valence-corrected chi connectivity index (χ1v) is 8.88. The molecule has 4 aromatic rings. The van der Waals surface area contributed by atoms with E-state index in [2.05, 4.69) is 25.6 Å². The highest BCUT2D eigenvalue weighted by Crippen LogP contribution is 2.15. The van der Waals surface area contributed by atoms with Crippen molar-refractivity contribution in [3.8, 4) is 0 Å². The summed E-state index contributed by atoms with van der Waals surface area (Å²) in [7, 11) is 0. The van der Waals surface area contributed by atoms with Gasteiger partial charge in [0, 0.05) is 32.0 Å². The van der Waals surface area contributed by atoms with Crippen LogP contribution < -0.4 is 5.32 Å². The molecule has 1 N–H and O–H groups in total. The largest absolute Gasteiger partial charge is 0.356 e. The Morgan fingerprint density at radius 1 is 1.28 bits per heavy atom. The Labute approximate surface area is 147 Å². The van der Waals surface area contributed by atoms with Gasteiger partial charge in [-0.1, -0.05) is 17.4 Å². The van der Waals surface area contributed by atoms with E-state index < -0.39 is 0 Å². The lowest BCUT2D eigenvalue weighted by molar-refractivity contribution is -0.121. The van der Waals surface area contributed by atoms with E-state index in [4.69, 9.17) is 0 Å². The van der Waals surface area contributed by atoms with Gasteiger partial charge >= 0.3 is 0 Å². The molecule has 0 radical (unpaired) electrons. The van der Waals surface area contributed by atoms with E-state index in [1.54, 1.807) is 4.52 Å². The van der Waals surface area contributed by atoms with Gasteiger partial charge in [-0.3, -0.25) is 4.79 Å². The van der Waals surface area contributed by atoms with Gasteiger partial charge in [0.2, 0.25) is 10.9 Å². The molecule has 0 aliphatic heterocycles. The van der Waals surface area contributed by atoms with Gasteiger partial charge in [-0.2, -0.15) is 9.61 Å². The second kappa shape index (κ2) is 6.60. The molecule has 0 aliphatic carbocycles. The lowest BCUT2D eigenvalue weighted by Gasteiger charge is -2.04. The van der Waals surface area contributed by atoms with Crippen LogP contribution in [0.5, 0.6) is 0 Å². The van der Waals surface area contributed by atoms with E-state index in [1.165, 1.54) is 11.3 Å². The first kappa shape index (κ1) is 15.7. The van der Waals surface area contributed by atoms with E-state index >= 15 is 0 Å². The third-order valence-corrected chi connectivity index (χ3v) is 4.90. The van der Waals surface area contributed by atoms with Gasteiger partial charge in [0.05, 0.1) is 11.7 Å². The molecule has 0 saturated carbocycles. The minimum atomic E-state index is 0.0172. The van der Waals surface area contributed by atoms with Gasteiger partial charge in [-0.15, -0.1) is 10.2 Å². The molecule has 0 spiro atoms. The summed E-state index contributed by atoms with van der Waals surface area (Å²) in [5.41, 5.74) is 1.06. The number of pyridine rings is 1. The van der Waals surface area contributed by atoms with Crippen molar-refractivity contribution in [2.75, 3.05) is 6.54 Å². The standard InChI is InChI=1S/C16H17N7OS/c1-11-19-20-16-23(11)21-15(25-16)6-5-14(24)17-8-7-13-18-10-12-4-2-3-9-22(12)13/h2-4,9-10H,5-8H2,1H3,(H,17,24). The highest BCUT2D eigenvalue weighted by atomic mass is 32.1. The number of rotatable bonds is 6. The minimum Gasteiger partial charge on any atom is -0.356 e. The van der Waals surface area contributed by atoms with Gasteiger partial charge in [-0.25, -0.2) is 4.98 Å². The van der Waals surface area contributed by atoms with E-state index in [0.29, 0.717) is 25.8 Å². The second-order valence-corrected chi connectivity index (χ2v) is 6.75. The van der Waals surface area contributed by atoms with Crippen LogP contribution in [0.15, 0.2) is 30.6 Å². The van der Waals surface area contributed by atoms with Gasteiger partial charge < -0.3 is 9.72 Å². The molecule has 128 valence electrons. The van der Waals surface area contributed by atoms with Crippen molar-refractivity contribution in [2.24, 2.45) is 0 Å². The van der Waals surface area contributed by atoms with E-state index in [-0.39, 0.29) is 5.91 Å². The molecule has 0 saturated heterocycles. The number of hydrogen-bond donors (Lipinski definition) is 1. The third-order valence-electron chi connectivity index (χ3n) is 3.94. The van der Waals surface area contributed by atoms with E-state index in [1.807, 2.05) is 41.9 Å². The summed E-state index contributed by atoms with van der Waals surface area (Å²) in [6.07, 6.45) is 5.53. The molecule has 8 nitrogen and oxygen atoms in total. The van der Waals surface area contributed by atoms with Crippen LogP contribution in [0.4, 0.5) is 0 Å². The monoisotopic (exact) mass is 355 g/mol. The number of nitrogens with one attached hydrogen (secondary N) is 1. The number of aromatic nitrogens is 6. The number of carbonyl (C=O) groups is 1. The zero-order valence-electron chi connectivity index (χ0n) is 13.7. The molecule has 4 aromatic heterocycles. The molecule has 9 heteroatoms. The Morgan fingerprint density at radius 3 is 3.08 bits per heavy atom. The van der Waals surface area contributed by atoms with Crippen LogP contribution in [0.3, 0.4) is 0 Å². The Hall–Kier alpha value is -2.81. The zero-order valence-corrected chi connectivity index (χ0v) is 14.5. The fourth-order valence-corrected chi connectivity index (χ4v) is 3.54. The molecule has 4 rings (SSSR count). The predicted molar refractivity (Wildman–Crippen MR) is 93.6 cm³/mol. The first-order chi connectivity index (χ1) is 12.2. The SMILES string of the molecule is Cc1nnc2sc(CCC(=O)NCCc3ncc4ccccn34)nn12. The Bertz CT molecular complexity index is 1030. The quantitative estimate of drug-likeness (QED) is 0.565. The minimum absolute atomic E-state index is 0.0172. The number of hydrogen-bond acceptors (Lipinski definition) is 6. The second-order valence-electron chi connectivity index (χ2n) is 5.71. The maximum atomic E-state index is 12.0. The van der Waals surface area contributed by atoms with Crippen molar-refractivity contribution in [1.29, 1.82) is 0 Å². The van der Waals surface area contributed by atoms with Crippen molar-refractivity contribution < 1.29 is 4.79 Å². The number of imidazole rings is 1. The fourth-order valence-electron chi connectivity index (χ4n) is 2.66. The molecule has 0 aliphatic rings. The number of aryl methyl sites for hydroxylation is 2. The molecule has 0 aromatic carbocycles. The number of amides is 1. The van der Waals surface area contributed by atoms with Crippen molar-refractivity contribution in [1.82, 2.24) is 34.5 Å². The molecule has 25 heavy (non-hydrogen) atoms. The average molecular weight is 355 g/mol. The van der Waals surface area contributed by atoms with E-state index in [0.717, 1.165) is 27.1 Å². The Balaban J connectivity index is 1.27. The maximum Gasteiger partial charge on any atom is 0.234 e.